The molecule has 0 spiro atoms. The summed E-state index contributed by atoms with van der Waals surface area (Å²) in [5.74, 6) is -1.35. The van der Waals surface area contributed by atoms with Crippen LogP contribution < -0.4 is 5.32 Å². The van der Waals surface area contributed by atoms with E-state index in [2.05, 4.69) is 5.32 Å². The second-order valence-electron chi connectivity index (χ2n) is 9.52. The van der Waals surface area contributed by atoms with Crippen molar-refractivity contribution < 1.29 is 22.7 Å². The van der Waals surface area contributed by atoms with Gasteiger partial charge in [-0.3, -0.25) is 9.80 Å². The number of benzene rings is 2. The lowest BCUT2D eigenvalue weighted by molar-refractivity contribution is -0.140. The first-order valence-corrected chi connectivity index (χ1v) is 12.4. The Morgan fingerprint density at radius 3 is 2.42 bits per heavy atom. The van der Waals surface area contributed by atoms with Gasteiger partial charge in [-0.2, -0.15) is 13.2 Å². The van der Waals surface area contributed by atoms with Gasteiger partial charge in [0.15, 0.2) is 0 Å². The number of hydrogen-bond donors (Lipinski definition) is 2. The highest BCUT2D eigenvalue weighted by Gasteiger charge is 2.39. The second kappa shape index (κ2) is 12.4. The highest BCUT2D eigenvalue weighted by atomic mass is 35.5. The number of rotatable bonds is 10. The van der Waals surface area contributed by atoms with Crippen molar-refractivity contribution in [1.82, 2.24) is 20.0 Å². The van der Waals surface area contributed by atoms with Crippen molar-refractivity contribution in [3.8, 4) is 0 Å². The summed E-state index contributed by atoms with van der Waals surface area (Å²) in [6.45, 7) is 3.27. The summed E-state index contributed by atoms with van der Waals surface area (Å²) >= 11 is 12.4. The number of aliphatic hydroxyl groups excluding tert-OH is 1. The van der Waals surface area contributed by atoms with Gasteiger partial charge in [0.05, 0.1) is 15.6 Å². The van der Waals surface area contributed by atoms with Gasteiger partial charge in [0.1, 0.15) is 12.0 Å². The van der Waals surface area contributed by atoms with Crippen LogP contribution in [0.15, 0.2) is 36.4 Å². The van der Waals surface area contributed by atoms with Crippen molar-refractivity contribution in [3.63, 3.8) is 0 Å². The Morgan fingerprint density at radius 1 is 1.08 bits per heavy atom. The van der Waals surface area contributed by atoms with Gasteiger partial charge in [-0.1, -0.05) is 35.3 Å². The number of likely N-dealkylation sites (tertiary alicyclic amines) is 1. The molecule has 1 aliphatic heterocycles. The van der Waals surface area contributed by atoms with E-state index in [-0.39, 0.29) is 18.5 Å². The van der Waals surface area contributed by atoms with Crippen molar-refractivity contribution >= 4 is 23.2 Å². The maximum absolute atomic E-state index is 14.1. The van der Waals surface area contributed by atoms with Crippen molar-refractivity contribution in [1.29, 1.82) is 0 Å². The monoisotopic (exact) mass is 550 g/mol. The van der Waals surface area contributed by atoms with E-state index in [0.29, 0.717) is 35.2 Å². The van der Waals surface area contributed by atoms with E-state index in [1.54, 1.807) is 12.1 Å². The molecule has 5 nitrogen and oxygen atoms in total. The first-order valence-electron chi connectivity index (χ1n) is 11.6. The molecule has 0 amide bonds. The molecule has 1 aliphatic rings. The topological polar surface area (TPSA) is 42.0 Å². The Bertz CT molecular complexity index is 1020. The van der Waals surface area contributed by atoms with Crippen LogP contribution in [0.4, 0.5) is 17.6 Å². The number of nitrogens with zero attached hydrogens (tertiary/aromatic N) is 3. The van der Waals surface area contributed by atoms with Crippen LogP contribution in [0.2, 0.25) is 10.0 Å². The molecule has 0 aliphatic carbocycles. The SMILES string of the molecule is CN(C)CCNCC(O)N1C[C@H](c2ccc(Cl)c(Cl)c2)[C@@H](N(C)Cc2ccc(C(F)(F)F)c(F)c2)C1. The summed E-state index contributed by atoms with van der Waals surface area (Å²) in [7, 11) is 5.79. The Hall–Kier alpha value is -1.46. The lowest BCUT2D eigenvalue weighted by Crippen LogP contribution is -2.44. The standard InChI is InChI=1S/C25H32Cl2F4N4O/c1-33(2)9-8-32-12-24(36)35-14-18(17-5-7-20(26)21(27)11-17)23(15-35)34(3)13-16-4-6-19(22(28)10-16)25(29,30)31/h4-7,10-11,18,23-24,32,36H,8-9,12-15H2,1-3H3/t18-,23+,24?/m1/s1. The van der Waals surface area contributed by atoms with Gasteiger partial charge in [0.25, 0.3) is 0 Å². The summed E-state index contributed by atoms with van der Waals surface area (Å²) in [6.07, 6.45) is -5.46. The molecule has 3 atom stereocenters. The van der Waals surface area contributed by atoms with E-state index < -0.39 is 23.8 Å². The number of aliphatic hydroxyl groups is 1. The van der Waals surface area contributed by atoms with Crippen LogP contribution in [0.1, 0.15) is 22.6 Å². The Morgan fingerprint density at radius 2 is 1.81 bits per heavy atom. The zero-order chi connectivity index (χ0) is 26.6. The molecule has 36 heavy (non-hydrogen) atoms. The van der Waals surface area contributed by atoms with Gasteiger partial charge in [-0.05, 0) is 56.5 Å². The van der Waals surface area contributed by atoms with E-state index in [1.165, 1.54) is 6.07 Å². The molecule has 0 radical (unpaired) electrons. The molecule has 2 N–H and O–H groups in total. The van der Waals surface area contributed by atoms with E-state index in [0.717, 1.165) is 30.8 Å². The van der Waals surface area contributed by atoms with Gasteiger partial charge in [-0.15, -0.1) is 0 Å². The lowest BCUT2D eigenvalue weighted by Gasteiger charge is -2.30. The smallest absolute Gasteiger partial charge is 0.377 e. The number of alkyl halides is 3. The third-order valence-electron chi connectivity index (χ3n) is 6.51. The Labute approximate surface area is 219 Å². The zero-order valence-electron chi connectivity index (χ0n) is 20.5. The number of likely N-dealkylation sites (N-methyl/N-ethyl adjacent to an activating group) is 2. The van der Waals surface area contributed by atoms with Crippen molar-refractivity contribution in [2.45, 2.75) is 30.9 Å². The molecule has 2 aromatic carbocycles. The molecule has 200 valence electrons. The quantitative estimate of drug-likeness (QED) is 0.336. The molecular formula is C25H32Cl2F4N4O. The molecule has 11 heteroatoms. The summed E-state index contributed by atoms with van der Waals surface area (Å²) < 4.78 is 53.0. The molecule has 3 rings (SSSR count). The molecule has 0 saturated carbocycles. The van der Waals surface area contributed by atoms with Crippen molar-refractivity contribution in [2.24, 2.45) is 0 Å². The fourth-order valence-corrected chi connectivity index (χ4v) is 4.84. The molecule has 1 unspecified atom stereocenters. The van der Waals surface area contributed by atoms with Crippen molar-refractivity contribution in [3.05, 3.63) is 69.0 Å². The fraction of sp³-hybridized carbons (Fsp3) is 0.520. The average molecular weight is 551 g/mol. The predicted octanol–water partition coefficient (Wildman–Crippen LogP) is 4.52. The zero-order valence-corrected chi connectivity index (χ0v) is 22.0. The minimum Gasteiger partial charge on any atom is -0.377 e. The van der Waals surface area contributed by atoms with Gasteiger partial charge in [-0.25, -0.2) is 4.39 Å². The Balaban J connectivity index is 1.77. The highest BCUT2D eigenvalue weighted by Crippen LogP contribution is 2.36. The number of halogens is 6. The van der Waals surface area contributed by atoms with Crippen LogP contribution in [0.25, 0.3) is 0 Å². The maximum Gasteiger partial charge on any atom is 0.419 e. The molecule has 0 bridgehead atoms. The lowest BCUT2D eigenvalue weighted by atomic mass is 9.93. The van der Waals surface area contributed by atoms with E-state index in [1.807, 2.05) is 41.9 Å². The molecule has 0 aromatic heterocycles. The maximum atomic E-state index is 14.1. The summed E-state index contributed by atoms with van der Waals surface area (Å²) in [5, 5.41) is 14.9. The first-order chi connectivity index (χ1) is 16.9. The molecule has 1 heterocycles. The third kappa shape index (κ3) is 7.54. The second-order valence-corrected chi connectivity index (χ2v) is 10.3. The van der Waals surface area contributed by atoms with Gasteiger partial charge >= 0.3 is 6.18 Å². The Kier molecular flexibility index (Phi) is 10.0. The van der Waals surface area contributed by atoms with Crippen LogP contribution in [0.5, 0.6) is 0 Å². The minimum atomic E-state index is -4.74. The minimum absolute atomic E-state index is 0.0551. The third-order valence-corrected chi connectivity index (χ3v) is 7.25. The molecule has 1 fully saturated rings. The van der Waals surface area contributed by atoms with Crippen LogP contribution in [-0.4, -0.2) is 85.9 Å². The summed E-state index contributed by atoms with van der Waals surface area (Å²) in [6, 6.07) is 8.32. The van der Waals surface area contributed by atoms with Gasteiger partial charge in [0.2, 0.25) is 0 Å². The largest absolute Gasteiger partial charge is 0.419 e. The van der Waals surface area contributed by atoms with E-state index >= 15 is 0 Å². The van der Waals surface area contributed by atoms with Crippen LogP contribution in [0.3, 0.4) is 0 Å². The molecule has 2 aromatic rings. The summed E-state index contributed by atoms with van der Waals surface area (Å²) in [4.78, 5) is 5.98. The van der Waals surface area contributed by atoms with Gasteiger partial charge in [0, 0.05) is 51.2 Å². The van der Waals surface area contributed by atoms with Crippen LogP contribution in [0, 0.1) is 5.82 Å². The molecule has 1 saturated heterocycles. The number of hydrogen-bond acceptors (Lipinski definition) is 5. The van der Waals surface area contributed by atoms with E-state index in [9.17, 15) is 22.7 Å². The highest BCUT2D eigenvalue weighted by molar-refractivity contribution is 6.42. The average Bonchev–Trinajstić information content (AvgIpc) is 3.23. The van der Waals surface area contributed by atoms with E-state index in [4.69, 9.17) is 23.2 Å². The fourth-order valence-electron chi connectivity index (χ4n) is 4.53. The van der Waals surface area contributed by atoms with Gasteiger partial charge < -0.3 is 15.3 Å². The van der Waals surface area contributed by atoms with Crippen LogP contribution in [-0.2, 0) is 12.7 Å². The normalized spacial score (nSPS) is 20.0. The first kappa shape index (κ1) is 29.1. The number of nitrogens with one attached hydrogen (secondary N) is 1. The summed E-state index contributed by atoms with van der Waals surface area (Å²) in [5.41, 5.74) is 0.0925. The molecular weight excluding hydrogens is 519 g/mol. The van der Waals surface area contributed by atoms with Crippen LogP contribution >= 0.6 is 23.2 Å². The van der Waals surface area contributed by atoms with Crippen molar-refractivity contribution in [2.75, 3.05) is 53.9 Å². The predicted molar refractivity (Wildman–Crippen MR) is 135 cm³/mol.